The van der Waals surface area contributed by atoms with Gasteiger partial charge in [0.05, 0.1) is 0 Å². The first-order chi connectivity index (χ1) is 8.02. The number of rotatable bonds is 2. The maximum absolute atomic E-state index is 5.74. The van der Waals surface area contributed by atoms with Crippen molar-refractivity contribution in [2.75, 3.05) is 23.7 Å². The molecule has 1 aliphatic rings. The summed E-state index contributed by atoms with van der Waals surface area (Å²) in [5, 5.41) is 0. The molecular weight excluding hydrogens is 280 g/mol. The van der Waals surface area contributed by atoms with Gasteiger partial charge in [-0.1, -0.05) is 20.3 Å². The van der Waals surface area contributed by atoms with Crippen LogP contribution in [0, 0.1) is 5.41 Å². The Balaban J connectivity index is 2.10. The normalized spacial score (nSPS) is 19.4. The first-order valence-corrected chi connectivity index (χ1v) is 6.87. The Bertz CT molecular complexity index is 379. The highest BCUT2D eigenvalue weighted by molar-refractivity contribution is 9.10. The molecule has 0 aromatic carbocycles. The van der Waals surface area contributed by atoms with Crippen molar-refractivity contribution in [3.05, 3.63) is 10.7 Å². The third-order valence-electron chi connectivity index (χ3n) is 3.81. The van der Waals surface area contributed by atoms with Crippen LogP contribution in [0.25, 0.3) is 0 Å². The summed E-state index contributed by atoms with van der Waals surface area (Å²) in [5.41, 5.74) is 6.22. The third-order valence-corrected chi connectivity index (χ3v) is 4.22. The van der Waals surface area contributed by atoms with Crippen LogP contribution in [0.3, 0.4) is 0 Å². The molecule has 94 valence electrons. The van der Waals surface area contributed by atoms with Gasteiger partial charge in [0.1, 0.15) is 10.4 Å². The number of nitrogens with zero attached hydrogens (tertiary/aromatic N) is 3. The van der Waals surface area contributed by atoms with Crippen LogP contribution >= 0.6 is 15.9 Å². The molecule has 2 rings (SSSR count). The van der Waals surface area contributed by atoms with Crippen molar-refractivity contribution in [3.63, 3.8) is 0 Å². The zero-order chi connectivity index (χ0) is 12.5. The van der Waals surface area contributed by atoms with Gasteiger partial charge < -0.3 is 10.6 Å². The Morgan fingerprint density at radius 2 is 2.06 bits per heavy atom. The molecule has 1 aromatic rings. The highest BCUT2D eigenvalue weighted by Crippen LogP contribution is 2.35. The van der Waals surface area contributed by atoms with Crippen molar-refractivity contribution in [2.24, 2.45) is 5.41 Å². The van der Waals surface area contributed by atoms with E-state index in [4.69, 9.17) is 5.73 Å². The molecule has 1 fully saturated rings. The van der Waals surface area contributed by atoms with Gasteiger partial charge in [-0.25, -0.2) is 4.98 Å². The molecular formula is C12H19BrN4. The average molecular weight is 299 g/mol. The lowest BCUT2D eigenvalue weighted by Gasteiger charge is -2.38. The smallest absolute Gasteiger partial charge is 0.228 e. The lowest BCUT2D eigenvalue weighted by Crippen LogP contribution is -2.39. The molecule has 0 saturated carbocycles. The van der Waals surface area contributed by atoms with Gasteiger partial charge >= 0.3 is 0 Å². The van der Waals surface area contributed by atoms with E-state index in [2.05, 4.69) is 44.6 Å². The predicted molar refractivity (Wildman–Crippen MR) is 74.0 cm³/mol. The fourth-order valence-electron chi connectivity index (χ4n) is 2.16. The molecule has 0 bridgehead atoms. The molecule has 0 atom stereocenters. The second kappa shape index (κ2) is 4.80. The lowest BCUT2D eigenvalue weighted by atomic mass is 9.78. The van der Waals surface area contributed by atoms with Crippen LogP contribution in [0.15, 0.2) is 10.7 Å². The van der Waals surface area contributed by atoms with Crippen molar-refractivity contribution in [2.45, 2.75) is 33.1 Å². The van der Waals surface area contributed by atoms with Crippen LogP contribution in [0.4, 0.5) is 11.8 Å². The van der Waals surface area contributed by atoms with E-state index in [1.54, 1.807) is 6.07 Å². The van der Waals surface area contributed by atoms with Crippen LogP contribution in [0.5, 0.6) is 0 Å². The first kappa shape index (κ1) is 12.6. The van der Waals surface area contributed by atoms with Gasteiger partial charge in [0, 0.05) is 19.2 Å². The fourth-order valence-corrected chi connectivity index (χ4v) is 2.56. The van der Waals surface area contributed by atoms with Crippen molar-refractivity contribution in [3.8, 4) is 0 Å². The Labute approximate surface area is 111 Å². The van der Waals surface area contributed by atoms with E-state index in [-0.39, 0.29) is 0 Å². The summed E-state index contributed by atoms with van der Waals surface area (Å²) in [5.74, 6) is 1.26. The largest absolute Gasteiger partial charge is 0.383 e. The summed E-state index contributed by atoms with van der Waals surface area (Å²) in [6, 6.07) is 1.73. The SMILES string of the molecule is CCC1(C)CCN(c2nc(N)cc(Br)n2)CC1. The molecule has 5 heteroatoms. The molecule has 1 aliphatic heterocycles. The average Bonchev–Trinajstić information content (AvgIpc) is 2.29. The van der Waals surface area contributed by atoms with Gasteiger partial charge in [-0.2, -0.15) is 4.98 Å². The van der Waals surface area contributed by atoms with Gasteiger partial charge in [-0.3, -0.25) is 0 Å². The van der Waals surface area contributed by atoms with E-state index in [1.807, 2.05) is 0 Å². The number of halogens is 1. The second-order valence-corrected chi connectivity index (χ2v) is 5.88. The first-order valence-electron chi connectivity index (χ1n) is 6.07. The van der Waals surface area contributed by atoms with Crippen molar-refractivity contribution in [1.29, 1.82) is 0 Å². The molecule has 0 spiro atoms. The van der Waals surface area contributed by atoms with Crippen LogP contribution in [0.1, 0.15) is 33.1 Å². The maximum atomic E-state index is 5.74. The van der Waals surface area contributed by atoms with Crippen LogP contribution < -0.4 is 10.6 Å². The monoisotopic (exact) mass is 298 g/mol. The van der Waals surface area contributed by atoms with Crippen LogP contribution in [-0.2, 0) is 0 Å². The summed E-state index contributed by atoms with van der Waals surface area (Å²) < 4.78 is 0.754. The zero-order valence-corrected chi connectivity index (χ0v) is 12.0. The van der Waals surface area contributed by atoms with Gasteiger partial charge in [0.15, 0.2) is 0 Å². The fraction of sp³-hybridized carbons (Fsp3) is 0.667. The van der Waals surface area contributed by atoms with E-state index in [0.29, 0.717) is 11.2 Å². The number of hydrogen-bond donors (Lipinski definition) is 1. The summed E-state index contributed by atoms with van der Waals surface area (Å²) in [7, 11) is 0. The summed E-state index contributed by atoms with van der Waals surface area (Å²) >= 11 is 3.36. The molecule has 17 heavy (non-hydrogen) atoms. The Morgan fingerprint density at radius 1 is 1.41 bits per heavy atom. The topological polar surface area (TPSA) is 55.0 Å². The zero-order valence-electron chi connectivity index (χ0n) is 10.4. The number of hydrogen-bond acceptors (Lipinski definition) is 4. The van der Waals surface area contributed by atoms with Crippen LogP contribution in [-0.4, -0.2) is 23.1 Å². The highest BCUT2D eigenvalue weighted by Gasteiger charge is 2.29. The molecule has 0 aliphatic carbocycles. The minimum absolute atomic E-state index is 0.480. The van der Waals surface area contributed by atoms with E-state index in [1.165, 1.54) is 19.3 Å². The van der Waals surface area contributed by atoms with Gasteiger partial charge in [0.2, 0.25) is 5.95 Å². The summed E-state index contributed by atoms with van der Waals surface area (Å²) in [4.78, 5) is 10.9. The van der Waals surface area contributed by atoms with E-state index in [0.717, 1.165) is 23.6 Å². The Morgan fingerprint density at radius 3 is 2.59 bits per heavy atom. The number of aromatic nitrogens is 2. The Kier molecular flexibility index (Phi) is 3.56. The molecule has 0 unspecified atom stereocenters. The van der Waals surface area contributed by atoms with Crippen molar-refractivity contribution < 1.29 is 0 Å². The molecule has 0 amide bonds. The van der Waals surface area contributed by atoms with Gasteiger partial charge in [-0.05, 0) is 34.2 Å². The lowest BCUT2D eigenvalue weighted by molar-refractivity contribution is 0.237. The number of nitrogen functional groups attached to an aromatic ring is 1. The Hall–Kier alpha value is -0.840. The number of piperidine rings is 1. The van der Waals surface area contributed by atoms with Gasteiger partial charge in [-0.15, -0.1) is 0 Å². The van der Waals surface area contributed by atoms with E-state index in [9.17, 15) is 0 Å². The molecule has 2 heterocycles. The quantitative estimate of drug-likeness (QED) is 0.853. The minimum Gasteiger partial charge on any atom is -0.383 e. The third kappa shape index (κ3) is 2.89. The minimum atomic E-state index is 0.480. The molecule has 1 aromatic heterocycles. The van der Waals surface area contributed by atoms with E-state index >= 15 is 0 Å². The predicted octanol–water partition coefficient (Wildman–Crippen LogP) is 2.84. The molecule has 4 nitrogen and oxygen atoms in total. The number of nitrogens with two attached hydrogens (primary N) is 1. The summed E-state index contributed by atoms with van der Waals surface area (Å²) in [6.07, 6.45) is 3.63. The molecule has 0 radical (unpaired) electrons. The second-order valence-electron chi connectivity index (χ2n) is 5.07. The van der Waals surface area contributed by atoms with Crippen molar-refractivity contribution >= 4 is 27.7 Å². The summed E-state index contributed by atoms with van der Waals surface area (Å²) in [6.45, 7) is 6.66. The molecule has 1 saturated heterocycles. The number of anilines is 2. The standard InChI is InChI=1S/C12H19BrN4/c1-3-12(2)4-6-17(7-5-12)11-15-9(13)8-10(14)16-11/h8H,3-7H2,1-2H3,(H2,14,15,16). The van der Waals surface area contributed by atoms with Crippen molar-refractivity contribution in [1.82, 2.24) is 9.97 Å². The molecule has 2 N–H and O–H groups in total. The maximum Gasteiger partial charge on any atom is 0.228 e. The van der Waals surface area contributed by atoms with E-state index < -0.39 is 0 Å². The highest BCUT2D eigenvalue weighted by atomic mass is 79.9. The van der Waals surface area contributed by atoms with Crippen LogP contribution in [0.2, 0.25) is 0 Å². The van der Waals surface area contributed by atoms with Gasteiger partial charge in [0.25, 0.3) is 0 Å².